The molecule has 0 radical (unpaired) electrons. The molecule has 0 fully saturated rings. The Hall–Kier alpha value is -3.43. The van der Waals surface area contributed by atoms with E-state index in [4.69, 9.17) is 25.8 Å². The maximum absolute atomic E-state index is 12.8. The SMILES string of the molecule is COc1ccc(NC(=O)c2cccc(S(=O)(=O)Nc3ccc4c(c3)OCO4)c2)cc1Cl. The second kappa shape index (κ2) is 8.37. The molecule has 0 saturated heterocycles. The van der Waals surface area contributed by atoms with Gasteiger partial charge in [-0.05, 0) is 48.5 Å². The number of anilines is 2. The lowest BCUT2D eigenvalue weighted by Gasteiger charge is -2.11. The number of halogens is 1. The molecule has 0 bridgehead atoms. The minimum Gasteiger partial charge on any atom is -0.495 e. The van der Waals surface area contributed by atoms with Crippen molar-refractivity contribution in [2.45, 2.75) is 4.90 Å². The molecule has 4 rings (SSSR count). The fourth-order valence-electron chi connectivity index (χ4n) is 2.93. The van der Waals surface area contributed by atoms with Gasteiger partial charge in [0.1, 0.15) is 5.75 Å². The first-order valence-electron chi connectivity index (χ1n) is 9.03. The van der Waals surface area contributed by atoms with Crippen molar-refractivity contribution in [3.8, 4) is 17.2 Å². The molecule has 1 aliphatic rings. The van der Waals surface area contributed by atoms with Crippen LogP contribution in [0.3, 0.4) is 0 Å². The Morgan fingerprint density at radius 1 is 1.00 bits per heavy atom. The Balaban J connectivity index is 1.53. The molecule has 1 aliphatic heterocycles. The van der Waals surface area contributed by atoms with Crippen molar-refractivity contribution < 1.29 is 27.4 Å². The van der Waals surface area contributed by atoms with E-state index >= 15 is 0 Å². The smallest absolute Gasteiger partial charge is 0.261 e. The first-order chi connectivity index (χ1) is 14.9. The number of carbonyl (C=O) groups excluding carboxylic acids is 1. The lowest BCUT2D eigenvalue weighted by Crippen LogP contribution is -2.16. The monoisotopic (exact) mass is 460 g/mol. The number of benzene rings is 3. The van der Waals surface area contributed by atoms with Crippen LogP contribution in [-0.2, 0) is 10.0 Å². The van der Waals surface area contributed by atoms with Crippen molar-refractivity contribution in [1.29, 1.82) is 0 Å². The molecular formula is C21H17ClN2O6S. The molecule has 1 amide bonds. The molecule has 8 nitrogen and oxygen atoms in total. The Morgan fingerprint density at radius 3 is 2.55 bits per heavy atom. The van der Waals surface area contributed by atoms with Crippen LogP contribution in [-0.4, -0.2) is 28.2 Å². The highest BCUT2D eigenvalue weighted by atomic mass is 35.5. The molecule has 2 N–H and O–H groups in total. The van der Waals surface area contributed by atoms with Crippen LogP contribution < -0.4 is 24.2 Å². The summed E-state index contributed by atoms with van der Waals surface area (Å²) >= 11 is 6.08. The second-order valence-electron chi connectivity index (χ2n) is 6.50. The number of ether oxygens (including phenoxy) is 3. The van der Waals surface area contributed by atoms with Crippen LogP contribution in [0.1, 0.15) is 10.4 Å². The number of carbonyl (C=O) groups is 1. The van der Waals surface area contributed by atoms with Crippen LogP contribution in [0.2, 0.25) is 5.02 Å². The quantitative estimate of drug-likeness (QED) is 0.573. The molecule has 0 aliphatic carbocycles. The largest absolute Gasteiger partial charge is 0.495 e. The van der Waals surface area contributed by atoms with E-state index in [-0.39, 0.29) is 17.3 Å². The van der Waals surface area contributed by atoms with Gasteiger partial charge in [-0.15, -0.1) is 0 Å². The van der Waals surface area contributed by atoms with E-state index in [9.17, 15) is 13.2 Å². The Bertz CT molecular complexity index is 1260. The van der Waals surface area contributed by atoms with E-state index in [1.54, 1.807) is 30.3 Å². The molecule has 0 atom stereocenters. The lowest BCUT2D eigenvalue weighted by molar-refractivity contribution is 0.102. The number of hydrogen-bond acceptors (Lipinski definition) is 6. The zero-order chi connectivity index (χ0) is 22.0. The molecule has 3 aromatic carbocycles. The fraction of sp³-hybridized carbons (Fsp3) is 0.0952. The van der Waals surface area contributed by atoms with E-state index in [0.717, 1.165) is 0 Å². The normalized spacial score (nSPS) is 12.3. The highest BCUT2D eigenvalue weighted by Crippen LogP contribution is 2.35. The third kappa shape index (κ3) is 4.52. The highest BCUT2D eigenvalue weighted by molar-refractivity contribution is 7.92. The molecule has 1 heterocycles. The van der Waals surface area contributed by atoms with E-state index in [0.29, 0.717) is 33.6 Å². The molecule has 160 valence electrons. The van der Waals surface area contributed by atoms with Gasteiger partial charge in [-0.1, -0.05) is 17.7 Å². The van der Waals surface area contributed by atoms with Gasteiger partial charge >= 0.3 is 0 Å². The molecule has 0 aromatic heterocycles. The summed E-state index contributed by atoms with van der Waals surface area (Å²) < 4.78 is 43.6. The number of amides is 1. The van der Waals surface area contributed by atoms with Gasteiger partial charge in [-0.3, -0.25) is 9.52 Å². The molecule has 3 aromatic rings. The van der Waals surface area contributed by atoms with Crippen molar-refractivity contribution >= 4 is 38.9 Å². The van der Waals surface area contributed by atoms with E-state index in [1.165, 1.54) is 37.4 Å². The summed E-state index contributed by atoms with van der Waals surface area (Å²) in [7, 11) is -2.45. The predicted molar refractivity (Wildman–Crippen MR) is 116 cm³/mol. The maximum Gasteiger partial charge on any atom is 0.261 e. The molecular weight excluding hydrogens is 444 g/mol. The average molecular weight is 461 g/mol. The number of sulfonamides is 1. The van der Waals surface area contributed by atoms with Crippen molar-refractivity contribution in [3.63, 3.8) is 0 Å². The summed E-state index contributed by atoms with van der Waals surface area (Å²) in [5.41, 5.74) is 0.926. The first kappa shape index (κ1) is 20.8. The number of rotatable bonds is 6. The number of nitrogens with one attached hydrogen (secondary N) is 2. The van der Waals surface area contributed by atoms with Crippen molar-refractivity contribution in [2.75, 3.05) is 23.9 Å². The summed E-state index contributed by atoms with van der Waals surface area (Å²) in [6.45, 7) is 0.0854. The van der Waals surface area contributed by atoms with Gasteiger partial charge in [-0.2, -0.15) is 0 Å². The zero-order valence-electron chi connectivity index (χ0n) is 16.2. The average Bonchev–Trinajstić information content (AvgIpc) is 3.21. The standard InChI is InChI=1S/C21H17ClN2O6S/c1-28-18-7-5-14(10-17(18)22)23-21(25)13-3-2-4-16(9-13)31(26,27)24-15-6-8-19-20(11-15)30-12-29-19/h2-11,24H,12H2,1H3,(H,23,25). The third-order valence-corrected chi connectivity index (χ3v) is 6.12. The number of methoxy groups -OCH3 is 1. The van der Waals surface area contributed by atoms with Crippen LogP contribution in [0.15, 0.2) is 65.6 Å². The van der Waals surface area contributed by atoms with Gasteiger partial charge in [-0.25, -0.2) is 8.42 Å². The topological polar surface area (TPSA) is 103 Å². The van der Waals surface area contributed by atoms with Crippen molar-refractivity contribution in [1.82, 2.24) is 0 Å². The summed E-state index contributed by atoms with van der Waals surface area (Å²) in [5, 5.41) is 3.02. The second-order valence-corrected chi connectivity index (χ2v) is 8.59. The number of hydrogen-bond donors (Lipinski definition) is 2. The van der Waals surface area contributed by atoms with Crippen LogP contribution in [0, 0.1) is 0 Å². The lowest BCUT2D eigenvalue weighted by atomic mass is 10.2. The summed E-state index contributed by atoms with van der Waals surface area (Å²) in [5.74, 6) is 0.982. The van der Waals surface area contributed by atoms with E-state index in [2.05, 4.69) is 10.0 Å². The fourth-order valence-corrected chi connectivity index (χ4v) is 4.28. The van der Waals surface area contributed by atoms with E-state index in [1.807, 2.05) is 0 Å². The summed E-state index contributed by atoms with van der Waals surface area (Å²) in [6.07, 6.45) is 0. The van der Waals surface area contributed by atoms with Gasteiger partial charge in [0.15, 0.2) is 11.5 Å². The number of fused-ring (bicyclic) bond motifs is 1. The van der Waals surface area contributed by atoms with Crippen LogP contribution in [0.5, 0.6) is 17.2 Å². The first-order valence-corrected chi connectivity index (χ1v) is 10.9. The van der Waals surface area contributed by atoms with E-state index < -0.39 is 15.9 Å². The molecule has 0 unspecified atom stereocenters. The Morgan fingerprint density at radius 2 is 1.77 bits per heavy atom. The molecule has 0 saturated carbocycles. The Labute approximate surface area is 183 Å². The third-order valence-electron chi connectivity index (χ3n) is 4.44. The van der Waals surface area contributed by atoms with Gasteiger partial charge in [0.2, 0.25) is 6.79 Å². The molecule has 31 heavy (non-hydrogen) atoms. The maximum atomic E-state index is 12.8. The van der Waals surface area contributed by atoms with Crippen LogP contribution in [0.25, 0.3) is 0 Å². The summed E-state index contributed by atoms with van der Waals surface area (Å²) in [6, 6.07) is 15.2. The van der Waals surface area contributed by atoms with Gasteiger partial charge in [0.05, 0.1) is 22.7 Å². The highest BCUT2D eigenvalue weighted by Gasteiger charge is 2.19. The Kier molecular flexibility index (Phi) is 5.62. The zero-order valence-corrected chi connectivity index (χ0v) is 17.8. The van der Waals surface area contributed by atoms with Gasteiger partial charge in [0.25, 0.3) is 15.9 Å². The molecule has 0 spiro atoms. The van der Waals surface area contributed by atoms with Crippen LogP contribution in [0.4, 0.5) is 11.4 Å². The van der Waals surface area contributed by atoms with Gasteiger partial charge in [0, 0.05) is 17.3 Å². The predicted octanol–water partition coefficient (Wildman–Crippen LogP) is 4.13. The van der Waals surface area contributed by atoms with Crippen LogP contribution >= 0.6 is 11.6 Å². The molecule has 10 heteroatoms. The van der Waals surface area contributed by atoms with Crippen molar-refractivity contribution in [2.24, 2.45) is 0 Å². The van der Waals surface area contributed by atoms with Gasteiger partial charge < -0.3 is 19.5 Å². The van der Waals surface area contributed by atoms with Crippen molar-refractivity contribution in [3.05, 3.63) is 71.2 Å². The minimum atomic E-state index is -3.94. The minimum absolute atomic E-state index is 0.0643. The summed E-state index contributed by atoms with van der Waals surface area (Å²) in [4.78, 5) is 12.5.